The first-order valence-electron chi connectivity index (χ1n) is 6.40. The molecule has 5 N–H and O–H groups in total. The van der Waals surface area contributed by atoms with Gasteiger partial charge in [0.05, 0.1) is 6.04 Å². The van der Waals surface area contributed by atoms with Crippen LogP contribution in [-0.4, -0.2) is 52.4 Å². The van der Waals surface area contributed by atoms with Crippen LogP contribution in [0.25, 0.3) is 0 Å². The highest BCUT2D eigenvalue weighted by molar-refractivity contribution is 5.95. The van der Waals surface area contributed by atoms with E-state index < -0.39 is 30.8 Å². The lowest BCUT2D eigenvalue weighted by Crippen LogP contribution is -2.43. The maximum absolute atomic E-state index is 12.1. The van der Waals surface area contributed by atoms with Crippen molar-refractivity contribution in [3.8, 4) is 0 Å². The minimum Gasteiger partial charge on any atom is -0.368 e. The number of nitrogens with two attached hydrogens (primary N) is 2. The van der Waals surface area contributed by atoms with Crippen molar-refractivity contribution in [3.63, 3.8) is 0 Å². The molecule has 3 amide bonds. The molecule has 114 valence electrons. The van der Waals surface area contributed by atoms with Crippen LogP contribution < -0.4 is 16.8 Å². The molecule has 21 heavy (non-hydrogen) atoms. The molecule has 0 bridgehead atoms. The fourth-order valence-electron chi connectivity index (χ4n) is 2.08. The lowest BCUT2D eigenvalue weighted by atomic mass is 10.2. The number of amides is 3. The van der Waals surface area contributed by atoms with Crippen molar-refractivity contribution in [1.82, 2.24) is 20.4 Å². The molecule has 1 fully saturated rings. The van der Waals surface area contributed by atoms with Crippen molar-refractivity contribution < 1.29 is 18.9 Å². The summed E-state index contributed by atoms with van der Waals surface area (Å²) >= 11 is 0. The van der Waals surface area contributed by atoms with Crippen molar-refractivity contribution in [3.05, 3.63) is 11.7 Å². The predicted molar refractivity (Wildman–Crippen MR) is 68.6 cm³/mol. The lowest BCUT2D eigenvalue weighted by molar-refractivity contribution is -0.121. The van der Waals surface area contributed by atoms with Crippen molar-refractivity contribution in [2.45, 2.75) is 18.9 Å². The Morgan fingerprint density at radius 1 is 1.29 bits per heavy atom. The largest absolute Gasteiger partial charge is 0.368 e. The summed E-state index contributed by atoms with van der Waals surface area (Å²) in [6.07, 6.45) is 1.81. The maximum Gasteiger partial charge on any atom is 0.296 e. The quantitative estimate of drug-likeness (QED) is 0.542. The Balaban J connectivity index is 2.11. The van der Waals surface area contributed by atoms with Crippen LogP contribution in [0.4, 0.5) is 0 Å². The number of hydrogen-bond donors (Lipinski definition) is 3. The lowest BCUT2D eigenvalue weighted by Gasteiger charge is -2.16. The highest BCUT2D eigenvalue weighted by Gasteiger charge is 2.27. The van der Waals surface area contributed by atoms with Gasteiger partial charge in [-0.15, -0.1) is 0 Å². The molecule has 0 aliphatic carbocycles. The normalized spacial score (nSPS) is 17.6. The Kier molecular flexibility index (Phi) is 4.48. The summed E-state index contributed by atoms with van der Waals surface area (Å²) in [6.45, 7) is -0.0630. The molecule has 10 nitrogen and oxygen atoms in total. The van der Waals surface area contributed by atoms with Gasteiger partial charge in [0, 0.05) is 0 Å². The van der Waals surface area contributed by atoms with E-state index in [2.05, 4.69) is 15.5 Å². The first-order chi connectivity index (χ1) is 9.97. The monoisotopic (exact) mass is 296 g/mol. The van der Waals surface area contributed by atoms with E-state index in [9.17, 15) is 14.4 Å². The zero-order valence-corrected chi connectivity index (χ0v) is 11.2. The third-order valence-corrected chi connectivity index (χ3v) is 2.97. The first kappa shape index (κ1) is 14.9. The summed E-state index contributed by atoms with van der Waals surface area (Å²) < 4.78 is 5.03. The summed E-state index contributed by atoms with van der Waals surface area (Å²) in [5, 5.41) is 6.72. The van der Waals surface area contributed by atoms with Gasteiger partial charge in [-0.05, 0) is 19.4 Å². The van der Waals surface area contributed by atoms with Gasteiger partial charge in [0.25, 0.3) is 11.7 Å². The van der Waals surface area contributed by atoms with Crippen LogP contribution in [0.1, 0.15) is 35.4 Å². The van der Waals surface area contributed by atoms with Crippen LogP contribution in [0.3, 0.4) is 0 Å². The highest BCUT2D eigenvalue weighted by Crippen LogP contribution is 2.21. The fraction of sp³-hybridized carbons (Fsp3) is 0.545. The van der Waals surface area contributed by atoms with Gasteiger partial charge in [0.2, 0.25) is 17.7 Å². The van der Waals surface area contributed by atoms with E-state index in [1.54, 1.807) is 0 Å². The molecular formula is C11H16N6O4. The van der Waals surface area contributed by atoms with E-state index in [1.165, 1.54) is 0 Å². The van der Waals surface area contributed by atoms with E-state index in [1.807, 2.05) is 0 Å². The molecule has 0 spiro atoms. The van der Waals surface area contributed by atoms with Gasteiger partial charge in [0.15, 0.2) is 0 Å². The second-order valence-electron chi connectivity index (χ2n) is 4.70. The van der Waals surface area contributed by atoms with Crippen LogP contribution in [0.5, 0.6) is 0 Å². The van der Waals surface area contributed by atoms with Crippen LogP contribution in [0.2, 0.25) is 0 Å². The van der Waals surface area contributed by atoms with Crippen molar-refractivity contribution >= 4 is 17.7 Å². The van der Waals surface area contributed by atoms with Crippen molar-refractivity contribution in [2.24, 2.45) is 11.5 Å². The van der Waals surface area contributed by atoms with Crippen molar-refractivity contribution in [1.29, 1.82) is 0 Å². The van der Waals surface area contributed by atoms with Crippen LogP contribution in [-0.2, 0) is 9.59 Å². The molecule has 1 saturated heterocycles. The van der Waals surface area contributed by atoms with E-state index in [0.29, 0.717) is 5.89 Å². The molecule has 1 unspecified atom stereocenters. The second-order valence-corrected chi connectivity index (χ2v) is 4.70. The number of carbonyl (C=O) groups is 3. The molecular weight excluding hydrogens is 280 g/mol. The summed E-state index contributed by atoms with van der Waals surface area (Å²) in [6, 6.07) is -0.0835. The summed E-state index contributed by atoms with van der Waals surface area (Å²) in [7, 11) is 0. The molecule has 1 aromatic rings. The van der Waals surface area contributed by atoms with Gasteiger partial charge < -0.3 is 26.2 Å². The van der Waals surface area contributed by atoms with E-state index >= 15 is 0 Å². The van der Waals surface area contributed by atoms with Gasteiger partial charge in [-0.3, -0.25) is 14.4 Å². The van der Waals surface area contributed by atoms with E-state index in [-0.39, 0.29) is 11.9 Å². The van der Waals surface area contributed by atoms with Gasteiger partial charge >= 0.3 is 0 Å². The molecule has 1 aromatic heterocycles. The summed E-state index contributed by atoms with van der Waals surface area (Å²) in [4.78, 5) is 38.9. The standard InChI is InChI=1S/C11H16N6O4/c12-7(18)4-17(5-8(13)19)11(20)9-15-10(21-16-9)6-2-1-3-14-6/h6,14H,1-5H2,(H2,12,18)(H2,13,19). The molecule has 2 heterocycles. The smallest absolute Gasteiger partial charge is 0.296 e. The highest BCUT2D eigenvalue weighted by atomic mass is 16.5. The maximum atomic E-state index is 12.1. The summed E-state index contributed by atoms with van der Waals surface area (Å²) in [5.74, 6) is -2.22. The number of carbonyl (C=O) groups excluding carboxylic acids is 3. The summed E-state index contributed by atoms with van der Waals surface area (Å²) in [5.41, 5.74) is 10.1. The topological polar surface area (TPSA) is 157 Å². The number of rotatable bonds is 6. The Hall–Kier alpha value is -2.49. The molecule has 2 rings (SSSR count). The molecule has 10 heteroatoms. The van der Waals surface area contributed by atoms with Gasteiger partial charge in [-0.2, -0.15) is 4.98 Å². The Labute approximate surface area is 119 Å². The number of hydrogen-bond acceptors (Lipinski definition) is 7. The average Bonchev–Trinajstić information content (AvgIpc) is 3.06. The average molecular weight is 296 g/mol. The molecule has 0 aromatic carbocycles. The molecule has 1 aliphatic rings. The van der Waals surface area contributed by atoms with Gasteiger partial charge in [-0.1, -0.05) is 5.16 Å². The molecule has 1 atom stereocenters. The SMILES string of the molecule is NC(=O)CN(CC(N)=O)C(=O)c1noc(C2CCCN2)n1. The minimum atomic E-state index is -0.772. The van der Waals surface area contributed by atoms with Crippen LogP contribution >= 0.6 is 0 Å². The number of nitrogens with one attached hydrogen (secondary N) is 1. The number of nitrogens with zero attached hydrogens (tertiary/aromatic N) is 3. The Bertz CT molecular complexity index is 535. The number of primary amides is 2. The second kappa shape index (κ2) is 6.31. The molecule has 1 aliphatic heterocycles. The van der Waals surface area contributed by atoms with E-state index in [4.69, 9.17) is 16.0 Å². The molecule has 0 radical (unpaired) electrons. The zero-order chi connectivity index (χ0) is 15.4. The Morgan fingerprint density at radius 2 is 1.95 bits per heavy atom. The van der Waals surface area contributed by atoms with Crippen LogP contribution in [0, 0.1) is 0 Å². The van der Waals surface area contributed by atoms with Crippen molar-refractivity contribution in [2.75, 3.05) is 19.6 Å². The zero-order valence-electron chi connectivity index (χ0n) is 11.2. The third-order valence-electron chi connectivity index (χ3n) is 2.97. The van der Waals surface area contributed by atoms with Gasteiger partial charge in [-0.25, -0.2) is 0 Å². The molecule has 0 saturated carbocycles. The predicted octanol–water partition coefficient (Wildman–Crippen LogP) is -2.09. The van der Waals surface area contributed by atoms with Gasteiger partial charge in [0.1, 0.15) is 13.1 Å². The third kappa shape index (κ3) is 3.75. The number of aromatic nitrogens is 2. The van der Waals surface area contributed by atoms with Crippen LogP contribution in [0.15, 0.2) is 4.52 Å². The Morgan fingerprint density at radius 3 is 2.48 bits per heavy atom. The minimum absolute atomic E-state index is 0.0835. The van der Waals surface area contributed by atoms with E-state index in [0.717, 1.165) is 24.3 Å². The fourth-order valence-corrected chi connectivity index (χ4v) is 2.08. The first-order valence-corrected chi connectivity index (χ1v) is 6.40.